The molecule has 1 N–H and O–H groups in total. The zero-order valence-electron chi connectivity index (χ0n) is 11.2. The van der Waals surface area contributed by atoms with Crippen molar-refractivity contribution in [1.82, 2.24) is 9.97 Å². The minimum absolute atomic E-state index is 0.450. The van der Waals surface area contributed by atoms with Crippen molar-refractivity contribution in [2.75, 3.05) is 24.3 Å². The molecule has 0 aliphatic heterocycles. The van der Waals surface area contributed by atoms with Gasteiger partial charge in [0.15, 0.2) is 0 Å². The molecule has 1 atom stereocenters. The first-order valence-corrected chi connectivity index (χ1v) is 6.67. The average molecular weight is 301 g/mol. The Morgan fingerprint density at radius 1 is 1.35 bits per heavy atom. The molecule has 0 aromatic carbocycles. The van der Waals surface area contributed by atoms with Crippen molar-refractivity contribution in [2.45, 2.75) is 33.2 Å². The van der Waals surface area contributed by atoms with E-state index >= 15 is 0 Å². The van der Waals surface area contributed by atoms with Crippen LogP contribution in [0, 0.1) is 5.92 Å². The third kappa shape index (κ3) is 3.56. The molecule has 0 radical (unpaired) electrons. The molecular formula is C12H21BrN4. The summed E-state index contributed by atoms with van der Waals surface area (Å²) in [5.41, 5.74) is 0. The predicted octanol–water partition coefficient (Wildman–Crippen LogP) is 3.15. The lowest BCUT2D eigenvalue weighted by Crippen LogP contribution is -2.31. The molecule has 96 valence electrons. The molecule has 0 saturated carbocycles. The summed E-state index contributed by atoms with van der Waals surface area (Å²) in [6, 6.07) is 0.450. The van der Waals surface area contributed by atoms with Crippen LogP contribution in [-0.2, 0) is 0 Å². The minimum atomic E-state index is 0.450. The summed E-state index contributed by atoms with van der Waals surface area (Å²) < 4.78 is 0.917. The van der Waals surface area contributed by atoms with E-state index < -0.39 is 0 Å². The van der Waals surface area contributed by atoms with E-state index in [4.69, 9.17) is 0 Å². The molecule has 1 aromatic heterocycles. The molecule has 4 nitrogen and oxygen atoms in total. The van der Waals surface area contributed by atoms with Gasteiger partial charge in [-0.25, -0.2) is 9.97 Å². The number of hydrogen-bond donors (Lipinski definition) is 1. The van der Waals surface area contributed by atoms with Gasteiger partial charge in [-0.2, -0.15) is 0 Å². The monoisotopic (exact) mass is 300 g/mol. The van der Waals surface area contributed by atoms with E-state index in [0.29, 0.717) is 12.0 Å². The summed E-state index contributed by atoms with van der Waals surface area (Å²) in [5.74, 6) is 2.42. The maximum Gasteiger partial charge on any atom is 0.148 e. The highest BCUT2D eigenvalue weighted by atomic mass is 79.9. The van der Waals surface area contributed by atoms with Gasteiger partial charge in [-0.15, -0.1) is 0 Å². The van der Waals surface area contributed by atoms with Gasteiger partial charge in [-0.1, -0.05) is 13.8 Å². The van der Waals surface area contributed by atoms with E-state index in [-0.39, 0.29) is 0 Å². The predicted molar refractivity (Wildman–Crippen MR) is 76.6 cm³/mol. The second-order valence-electron chi connectivity index (χ2n) is 4.70. The summed E-state index contributed by atoms with van der Waals surface area (Å²) in [4.78, 5) is 10.7. The molecule has 0 aliphatic rings. The van der Waals surface area contributed by atoms with Crippen molar-refractivity contribution in [3.05, 3.63) is 10.8 Å². The topological polar surface area (TPSA) is 41.1 Å². The second-order valence-corrected chi connectivity index (χ2v) is 5.49. The van der Waals surface area contributed by atoms with E-state index in [1.807, 2.05) is 7.05 Å². The Morgan fingerprint density at radius 3 is 2.53 bits per heavy atom. The van der Waals surface area contributed by atoms with Crippen molar-refractivity contribution >= 4 is 27.6 Å². The van der Waals surface area contributed by atoms with E-state index in [2.05, 4.69) is 63.9 Å². The van der Waals surface area contributed by atoms with Crippen LogP contribution in [0.1, 0.15) is 27.2 Å². The number of hydrogen-bond acceptors (Lipinski definition) is 4. The minimum Gasteiger partial charge on any atom is -0.372 e. The molecule has 0 saturated heterocycles. The zero-order valence-corrected chi connectivity index (χ0v) is 12.7. The van der Waals surface area contributed by atoms with Crippen LogP contribution in [0.25, 0.3) is 0 Å². The smallest absolute Gasteiger partial charge is 0.148 e. The first-order valence-electron chi connectivity index (χ1n) is 5.88. The Balaban J connectivity index is 2.92. The highest BCUT2D eigenvalue weighted by molar-refractivity contribution is 9.10. The zero-order chi connectivity index (χ0) is 13.0. The molecular weight excluding hydrogens is 280 g/mol. The first kappa shape index (κ1) is 14.2. The molecule has 0 amide bonds. The van der Waals surface area contributed by atoms with Gasteiger partial charge in [-0.3, -0.25) is 0 Å². The summed E-state index contributed by atoms with van der Waals surface area (Å²) in [6.45, 7) is 6.68. The fraction of sp³-hybridized carbons (Fsp3) is 0.667. The molecule has 0 bridgehead atoms. The summed E-state index contributed by atoms with van der Waals surface area (Å²) in [5, 5.41) is 3.05. The second kappa shape index (κ2) is 6.19. The first-order chi connectivity index (χ1) is 7.97. The Hall–Kier alpha value is -0.840. The van der Waals surface area contributed by atoms with Gasteiger partial charge in [0.05, 0.1) is 0 Å². The lowest BCUT2D eigenvalue weighted by Gasteiger charge is -2.28. The Kier molecular flexibility index (Phi) is 5.18. The summed E-state index contributed by atoms with van der Waals surface area (Å²) >= 11 is 3.55. The lowest BCUT2D eigenvalue weighted by molar-refractivity contribution is 0.501. The van der Waals surface area contributed by atoms with Gasteiger partial charge in [0.1, 0.15) is 22.4 Å². The maximum absolute atomic E-state index is 4.34. The number of nitrogens with zero attached hydrogens (tertiary/aromatic N) is 3. The van der Waals surface area contributed by atoms with Crippen LogP contribution in [0.5, 0.6) is 0 Å². The normalized spacial score (nSPS) is 12.6. The van der Waals surface area contributed by atoms with Crippen molar-refractivity contribution in [2.24, 2.45) is 5.92 Å². The van der Waals surface area contributed by atoms with Crippen molar-refractivity contribution < 1.29 is 0 Å². The van der Waals surface area contributed by atoms with Crippen LogP contribution < -0.4 is 10.2 Å². The van der Waals surface area contributed by atoms with E-state index in [9.17, 15) is 0 Å². The van der Waals surface area contributed by atoms with Crippen LogP contribution in [0.2, 0.25) is 0 Å². The molecule has 0 spiro atoms. The van der Waals surface area contributed by atoms with Crippen molar-refractivity contribution in [3.8, 4) is 0 Å². The van der Waals surface area contributed by atoms with E-state index in [0.717, 1.165) is 22.5 Å². The highest BCUT2D eigenvalue weighted by Crippen LogP contribution is 2.30. The van der Waals surface area contributed by atoms with Crippen LogP contribution in [0.3, 0.4) is 0 Å². The molecule has 1 aromatic rings. The molecule has 1 unspecified atom stereocenters. The number of nitrogens with one attached hydrogen (secondary N) is 1. The molecule has 1 rings (SSSR count). The number of anilines is 2. The van der Waals surface area contributed by atoms with Gasteiger partial charge in [0.2, 0.25) is 0 Å². The van der Waals surface area contributed by atoms with Gasteiger partial charge in [0.25, 0.3) is 0 Å². The highest BCUT2D eigenvalue weighted by Gasteiger charge is 2.17. The largest absolute Gasteiger partial charge is 0.372 e. The number of halogens is 1. The van der Waals surface area contributed by atoms with Crippen molar-refractivity contribution in [3.63, 3.8) is 0 Å². The molecule has 1 heterocycles. The number of rotatable bonds is 5. The lowest BCUT2D eigenvalue weighted by atomic mass is 10.0. The van der Waals surface area contributed by atoms with Crippen LogP contribution >= 0.6 is 15.9 Å². The Bertz CT molecular complexity index is 368. The molecule has 0 fully saturated rings. The van der Waals surface area contributed by atoms with Gasteiger partial charge in [0, 0.05) is 20.1 Å². The van der Waals surface area contributed by atoms with E-state index in [1.54, 1.807) is 6.33 Å². The SMILES string of the molecule is CNc1ncnc(N(C)C(C)CC(C)C)c1Br. The molecule has 5 heteroatoms. The molecule has 0 aliphatic carbocycles. The Labute approximate surface area is 112 Å². The third-order valence-corrected chi connectivity index (χ3v) is 3.55. The van der Waals surface area contributed by atoms with Gasteiger partial charge in [-0.05, 0) is 35.2 Å². The maximum atomic E-state index is 4.34. The van der Waals surface area contributed by atoms with Crippen LogP contribution in [0.4, 0.5) is 11.6 Å². The third-order valence-electron chi connectivity index (χ3n) is 2.82. The quantitative estimate of drug-likeness (QED) is 0.907. The van der Waals surface area contributed by atoms with Crippen LogP contribution in [-0.4, -0.2) is 30.1 Å². The fourth-order valence-electron chi connectivity index (χ4n) is 1.83. The Morgan fingerprint density at radius 2 is 2.00 bits per heavy atom. The fourth-order valence-corrected chi connectivity index (χ4v) is 2.51. The van der Waals surface area contributed by atoms with Gasteiger partial charge >= 0.3 is 0 Å². The van der Waals surface area contributed by atoms with Gasteiger partial charge < -0.3 is 10.2 Å². The van der Waals surface area contributed by atoms with Crippen molar-refractivity contribution in [1.29, 1.82) is 0 Å². The van der Waals surface area contributed by atoms with E-state index in [1.165, 1.54) is 0 Å². The summed E-state index contributed by atoms with van der Waals surface area (Å²) in [7, 11) is 3.92. The standard InChI is InChI=1S/C12H21BrN4/c1-8(2)6-9(3)17(5)12-10(13)11(14-4)15-7-16-12/h7-9H,6H2,1-5H3,(H,14,15,16). The molecule has 17 heavy (non-hydrogen) atoms. The number of aromatic nitrogens is 2. The summed E-state index contributed by atoms with van der Waals surface area (Å²) in [6.07, 6.45) is 2.73. The van der Waals surface area contributed by atoms with Crippen LogP contribution in [0.15, 0.2) is 10.8 Å². The average Bonchev–Trinajstić information content (AvgIpc) is 2.27.